The second kappa shape index (κ2) is 14.0. The number of likely N-dealkylation sites (tertiary alicyclic amines) is 1. The highest BCUT2D eigenvalue weighted by Crippen LogP contribution is 2.35. The Kier molecular flexibility index (Phi) is 9.75. The third-order valence-electron chi connectivity index (χ3n) is 7.29. The Morgan fingerprint density at radius 3 is 2.45 bits per heavy atom. The maximum atomic E-state index is 13.0. The highest BCUT2D eigenvalue weighted by atomic mass is 16.5. The minimum absolute atomic E-state index is 0.0178. The van der Waals surface area contributed by atoms with Gasteiger partial charge in [0, 0.05) is 58.6 Å². The van der Waals surface area contributed by atoms with Crippen LogP contribution < -0.4 is 10.5 Å². The lowest BCUT2D eigenvalue weighted by Crippen LogP contribution is -2.31. The van der Waals surface area contributed by atoms with Gasteiger partial charge in [-0.15, -0.1) is 0 Å². The van der Waals surface area contributed by atoms with E-state index >= 15 is 0 Å². The third-order valence-corrected chi connectivity index (χ3v) is 7.29. The van der Waals surface area contributed by atoms with Crippen molar-refractivity contribution in [3.63, 3.8) is 0 Å². The molecule has 42 heavy (non-hydrogen) atoms. The second-order valence-electron chi connectivity index (χ2n) is 10.1. The van der Waals surface area contributed by atoms with Gasteiger partial charge in [0.25, 0.3) is 0 Å². The van der Waals surface area contributed by atoms with Gasteiger partial charge in [-0.2, -0.15) is 5.10 Å². The molecular weight excluding hydrogens is 534 g/mol. The van der Waals surface area contributed by atoms with Crippen molar-refractivity contribution in [2.24, 2.45) is 0 Å². The van der Waals surface area contributed by atoms with Crippen molar-refractivity contribution >= 4 is 22.8 Å². The van der Waals surface area contributed by atoms with E-state index in [-0.39, 0.29) is 11.9 Å². The van der Waals surface area contributed by atoms with E-state index in [0.29, 0.717) is 55.4 Å². The molecule has 2 aromatic carbocycles. The zero-order chi connectivity index (χ0) is 29.3. The van der Waals surface area contributed by atoms with Gasteiger partial charge in [0.05, 0.1) is 24.6 Å². The molecule has 1 amide bonds. The number of rotatable bonds is 13. The van der Waals surface area contributed by atoms with Gasteiger partial charge in [0.2, 0.25) is 5.91 Å². The van der Waals surface area contributed by atoms with E-state index in [1.165, 1.54) is 6.33 Å². The van der Waals surface area contributed by atoms with Crippen molar-refractivity contribution in [3.8, 4) is 22.8 Å². The molecular formula is C31H37N7O4. The zero-order valence-corrected chi connectivity index (χ0v) is 24.1. The number of hydrogen-bond acceptors (Lipinski definition) is 9. The SMILES string of the molecule is COCCN(C/C=C/C(=O)N1CC[C@@H](n2nc(-c3ccc(Oc4ccccc4)cc3)c3c(N)ncnc32)C1)CCOC. The molecule has 1 aliphatic heterocycles. The average Bonchev–Trinajstić information content (AvgIpc) is 3.65. The molecule has 0 saturated carbocycles. The van der Waals surface area contributed by atoms with Crippen molar-refractivity contribution in [1.29, 1.82) is 0 Å². The summed E-state index contributed by atoms with van der Waals surface area (Å²) in [6.45, 7) is 4.60. The van der Waals surface area contributed by atoms with E-state index in [1.54, 1.807) is 20.3 Å². The molecule has 2 N–H and O–H groups in total. The number of ether oxygens (including phenoxy) is 3. The van der Waals surface area contributed by atoms with Crippen molar-refractivity contribution in [1.82, 2.24) is 29.5 Å². The summed E-state index contributed by atoms with van der Waals surface area (Å²) in [6, 6.07) is 17.3. The van der Waals surface area contributed by atoms with Crippen LogP contribution in [0.15, 0.2) is 73.1 Å². The summed E-state index contributed by atoms with van der Waals surface area (Å²) in [7, 11) is 3.36. The highest BCUT2D eigenvalue weighted by Gasteiger charge is 2.30. The number of anilines is 1. The summed E-state index contributed by atoms with van der Waals surface area (Å²) < 4.78 is 18.2. The fourth-order valence-electron chi connectivity index (χ4n) is 5.04. The van der Waals surface area contributed by atoms with Gasteiger partial charge in [-0.1, -0.05) is 24.3 Å². The summed E-state index contributed by atoms with van der Waals surface area (Å²) in [4.78, 5) is 25.8. The monoisotopic (exact) mass is 571 g/mol. The predicted octanol–water partition coefficient (Wildman–Crippen LogP) is 3.79. The molecule has 4 aromatic rings. The number of carbonyl (C=O) groups excluding carboxylic acids is 1. The van der Waals surface area contributed by atoms with Crippen LogP contribution in [0, 0.1) is 0 Å². The molecule has 11 nitrogen and oxygen atoms in total. The Bertz CT molecular complexity index is 1480. The molecule has 1 aliphatic rings. The van der Waals surface area contributed by atoms with Crippen LogP contribution >= 0.6 is 0 Å². The Hall–Kier alpha value is -4.32. The minimum atomic E-state index is -0.0338. The predicted molar refractivity (Wildman–Crippen MR) is 161 cm³/mol. The number of fused-ring (bicyclic) bond motifs is 1. The molecule has 3 heterocycles. The maximum Gasteiger partial charge on any atom is 0.246 e. The highest BCUT2D eigenvalue weighted by molar-refractivity contribution is 5.98. The van der Waals surface area contributed by atoms with Gasteiger partial charge in [-0.3, -0.25) is 9.69 Å². The number of carbonyl (C=O) groups is 1. The van der Waals surface area contributed by atoms with Gasteiger partial charge in [0.1, 0.15) is 29.3 Å². The largest absolute Gasteiger partial charge is 0.457 e. The number of methoxy groups -OCH3 is 2. The van der Waals surface area contributed by atoms with E-state index < -0.39 is 0 Å². The smallest absolute Gasteiger partial charge is 0.246 e. The standard InChI is InChI=1S/C31H37N7O4/c1-40-19-17-36(18-20-41-2)15-6-9-27(39)37-16-14-24(21-37)38-31-28(30(32)33-22-34-31)29(35-38)23-10-12-26(13-11-23)42-25-7-4-3-5-8-25/h3-13,22,24H,14-21H2,1-2H3,(H2,32,33,34)/b9-6+/t24-/m1/s1. The first kappa shape index (κ1) is 29.2. The summed E-state index contributed by atoms with van der Waals surface area (Å²) >= 11 is 0. The summed E-state index contributed by atoms with van der Waals surface area (Å²) in [5, 5.41) is 5.66. The fourth-order valence-corrected chi connectivity index (χ4v) is 5.04. The fraction of sp³-hybridized carbons (Fsp3) is 0.355. The lowest BCUT2D eigenvalue weighted by Gasteiger charge is -2.20. The first-order valence-corrected chi connectivity index (χ1v) is 14.0. The molecule has 0 unspecified atom stereocenters. The molecule has 0 bridgehead atoms. The first-order chi connectivity index (χ1) is 20.6. The molecule has 0 spiro atoms. The number of nitrogens with zero attached hydrogens (tertiary/aromatic N) is 6. The molecule has 220 valence electrons. The molecule has 1 fully saturated rings. The number of nitrogen functional groups attached to an aromatic ring is 1. The van der Waals surface area contributed by atoms with Gasteiger partial charge >= 0.3 is 0 Å². The molecule has 0 aliphatic carbocycles. The van der Waals surface area contributed by atoms with Crippen molar-refractivity contribution in [2.75, 3.05) is 65.9 Å². The van der Waals surface area contributed by atoms with E-state index in [2.05, 4.69) is 14.9 Å². The van der Waals surface area contributed by atoms with Crippen LogP contribution in [0.1, 0.15) is 12.5 Å². The number of hydrogen-bond donors (Lipinski definition) is 1. The summed E-state index contributed by atoms with van der Waals surface area (Å²) in [5.41, 5.74) is 8.56. The molecule has 1 atom stereocenters. The quantitative estimate of drug-likeness (QED) is 0.239. The Balaban J connectivity index is 1.29. The van der Waals surface area contributed by atoms with Gasteiger partial charge in [0.15, 0.2) is 5.65 Å². The second-order valence-corrected chi connectivity index (χ2v) is 10.1. The van der Waals surface area contributed by atoms with E-state index in [1.807, 2.05) is 70.3 Å². The van der Waals surface area contributed by atoms with Crippen LogP contribution in [-0.2, 0) is 14.3 Å². The number of nitrogens with two attached hydrogens (primary N) is 1. The van der Waals surface area contributed by atoms with E-state index in [0.717, 1.165) is 36.6 Å². The summed E-state index contributed by atoms with van der Waals surface area (Å²) in [6.07, 6.45) is 5.77. The van der Waals surface area contributed by atoms with E-state index in [9.17, 15) is 4.79 Å². The van der Waals surface area contributed by atoms with Crippen molar-refractivity contribution in [2.45, 2.75) is 12.5 Å². The van der Waals surface area contributed by atoms with Crippen molar-refractivity contribution in [3.05, 3.63) is 73.1 Å². The van der Waals surface area contributed by atoms with Crippen LogP contribution in [0.2, 0.25) is 0 Å². The third kappa shape index (κ3) is 6.93. The lowest BCUT2D eigenvalue weighted by atomic mass is 10.1. The zero-order valence-electron chi connectivity index (χ0n) is 24.1. The normalized spacial score (nSPS) is 15.3. The van der Waals surface area contributed by atoms with Crippen molar-refractivity contribution < 1.29 is 19.0 Å². The first-order valence-electron chi connectivity index (χ1n) is 14.0. The minimum Gasteiger partial charge on any atom is -0.457 e. The lowest BCUT2D eigenvalue weighted by molar-refractivity contribution is -0.125. The van der Waals surface area contributed by atoms with Gasteiger partial charge in [-0.05, 0) is 42.8 Å². The molecule has 0 radical (unpaired) electrons. The summed E-state index contributed by atoms with van der Waals surface area (Å²) in [5.74, 6) is 1.83. The number of amides is 1. The topological polar surface area (TPSA) is 121 Å². The van der Waals surface area contributed by atoms with Crippen LogP contribution in [0.25, 0.3) is 22.3 Å². The number of para-hydroxylation sites is 1. The molecule has 11 heteroatoms. The molecule has 1 saturated heterocycles. The number of aromatic nitrogens is 4. The average molecular weight is 572 g/mol. The maximum absolute atomic E-state index is 13.0. The van der Waals surface area contributed by atoms with Crippen LogP contribution in [0.5, 0.6) is 11.5 Å². The molecule has 5 rings (SSSR count). The Morgan fingerprint density at radius 2 is 1.74 bits per heavy atom. The number of benzene rings is 2. The van der Waals surface area contributed by atoms with E-state index in [4.69, 9.17) is 25.0 Å². The van der Waals surface area contributed by atoms with Crippen LogP contribution in [0.3, 0.4) is 0 Å². The molecule has 2 aromatic heterocycles. The Morgan fingerprint density at radius 1 is 1.02 bits per heavy atom. The van der Waals surface area contributed by atoms with Crippen LogP contribution in [0.4, 0.5) is 5.82 Å². The Labute approximate surface area is 245 Å². The van der Waals surface area contributed by atoms with Gasteiger partial charge in [-0.25, -0.2) is 14.6 Å². The van der Waals surface area contributed by atoms with Crippen LogP contribution in [-0.4, -0.2) is 95.6 Å². The van der Waals surface area contributed by atoms with Gasteiger partial charge < -0.3 is 24.8 Å².